The fourth-order valence-corrected chi connectivity index (χ4v) is 2.83. The number of carbonyl (C=O) groups is 1. The van der Waals surface area contributed by atoms with Crippen molar-refractivity contribution < 1.29 is 13.2 Å². The Morgan fingerprint density at radius 3 is 2.63 bits per heavy atom. The molecule has 0 bridgehead atoms. The molecular formula is C13H20N2O3S. The number of hydrogen-bond donors (Lipinski definition) is 2. The summed E-state index contributed by atoms with van der Waals surface area (Å²) < 4.78 is 26.1. The average Bonchev–Trinajstić information content (AvgIpc) is 2.27. The van der Waals surface area contributed by atoms with Crippen molar-refractivity contribution in [3.8, 4) is 0 Å². The highest BCUT2D eigenvalue weighted by Gasteiger charge is 2.10. The molecule has 0 aliphatic carbocycles. The van der Waals surface area contributed by atoms with Gasteiger partial charge in [-0.3, -0.25) is 4.79 Å². The van der Waals surface area contributed by atoms with Crippen LogP contribution in [0.2, 0.25) is 0 Å². The van der Waals surface area contributed by atoms with Gasteiger partial charge in [0.2, 0.25) is 15.9 Å². The molecule has 1 amide bonds. The van der Waals surface area contributed by atoms with Crippen LogP contribution in [0.3, 0.4) is 0 Å². The van der Waals surface area contributed by atoms with Gasteiger partial charge in [0, 0.05) is 20.0 Å². The lowest BCUT2D eigenvalue weighted by Gasteiger charge is -2.07. The van der Waals surface area contributed by atoms with E-state index in [2.05, 4.69) is 10.0 Å². The van der Waals surface area contributed by atoms with E-state index >= 15 is 0 Å². The van der Waals surface area contributed by atoms with Crippen LogP contribution in [0.25, 0.3) is 0 Å². The molecule has 0 spiro atoms. The van der Waals surface area contributed by atoms with Crippen molar-refractivity contribution in [1.82, 2.24) is 10.0 Å². The third-order valence-electron chi connectivity index (χ3n) is 2.49. The molecule has 0 aromatic heterocycles. The SMILES string of the molecule is CC(=O)NCCCNS(=O)(=O)Cc1cccc(C)c1. The maximum Gasteiger partial charge on any atom is 0.216 e. The molecule has 0 aliphatic rings. The average molecular weight is 284 g/mol. The minimum atomic E-state index is -3.31. The largest absolute Gasteiger partial charge is 0.356 e. The summed E-state index contributed by atoms with van der Waals surface area (Å²) >= 11 is 0. The molecule has 0 atom stereocenters. The van der Waals surface area contributed by atoms with Gasteiger partial charge >= 0.3 is 0 Å². The number of hydrogen-bond acceptors (Lipinski definition) is 3. The Labute approximate surface area is 114 Å². The Morgan fingerprint density at radius 2 is 2.00 bits per heavy atom. The third-order valence-corrected chi connectivity index (χ3v) is 3.85. The Balaban J connectivity index is 2.38. The second kappa shape index (κ2) is 7.25. The first-order valence-electron chi connectivity index (χ1n) is 6.16. The quantitative estimate of drug-likeness (QED) is 0.732. The monoisotopic (exact) mass is 284 g/mol. The number of rotatable bonds is 7. The predicted molar refractivity (Wildman–Crippen MR) is 75.1 cm³/mol. The van der Waals surface area contributed by atoms with Gasteiger partial charge < -0.3 is 5.32 Å². The first-order valence-corrected chi connectivity index (χ1v) is 7.81. The topological polar surface area (TPSA) is 75.3 Å². The summed E-state index contributed by atoms with van der Waals surface area (Å²) in [6.07, 6.45) is 0.576. The summed E-state index contributed by atoms with van der Waals surface area (Å²) in [6.45, 7) is 4.16. The van der Waals surface area contributed by atoms with Crippen molar-refractivity contribution in [3.63, 3.8) is 0 Å². The molecule has 2 N–H and O–H groups in total. The first kappa shape index (κ1) is 15.7. The Bertz CT molecular complexity index is 526. The third kappa shape index (κ3) is 6.93. The summed E-state index contributed by atoms with van der Waals surface area (Å²) in [5.74, 6) is -0.128. The van der Waals surface area contributed by atoms with Crippen LogP contribution in [0.5, 0.6) is 0 Å². The number of nitrogens with one attached hydrogen (secondary N) is 2. The summed E-state index contributed by atoms with van der Waals surface area (Å²) in [6, 6.07) is 7.42. The lowest BCUT2D eigenvalue weighted by Crippen LogP contribution is -2.29. The van der Waals surface area contributed by atoms with Crippen LogP contribution in [0.4, 0.5) is 0 Å². The predicted octanol–water partition coefficient (Wildman–Crippen LogP) is 0.941. The zero-order chi connectivity index (χ0) is 14.3. The van der Waals surface area contributed by atoms with Gasteiger partial charge in [-0.2, -0.15) is 0 Å². The molecule has 1 aromatic rings. The molecule has 1 rings (SSSR count). The molecule has 1 aromatic carbocycles. The van der Waals surface area contributed by atoms with Crippen LogP contribution >= 0.6 is 0 Å². The molecule has 0 fully saturated rings. The molecular weight excluding hydrogens is 264 g/mol. The molecule has 0 saturated carbocycles. The van der Waals surface area contributed by atoms with Gasteiger partial charge in [-0.15, -0.1) is 0 Å². The van der Waals surface area contributed by atoms with E-state index in [4.69, 9.17) is 0 Å². The van der Waals surface area contributed by atoms with Crippen molar-refractivity contribution >= 4 is 15.9 Å². The van der Waals surface area contributed by atoms with Crippen LogP contribution in [-0.2, 0) is 20.6 Å². The van der Waals surface area contributed by atoms with Gasteiger partial charge in [-0.1, -0.05) is 29.8 Å². The second-order valence-corrected chi connectivity index (χ2v) is 6.29. The van der Waals surface area contributed by atoms with Crippen molar-refractivity contribution in [2.75, 3.05) is 13.1 Å². The maximum absolute atomic E-state index is 11.8. The number of carbonyl (C=O) groups excluding carboxylic acids is 1. The molecule has 0 heterocycles. The molecule has 5 nitrogen and oxygen atoms in total. The molecule has 19 heavy (non-hydrogen) atoms. The van der Waals surface area contributed by atoms with Crippen molar-refractivity contribution in [2.45, 2.75) is 26.0 Å². The van der Waals surface area contributed by atoms with Gasteiger partial charge in [-0.05, 0) is 18.9 Å². The van der Waals surface area contributed by atoms with E-state index in [0.717, 1.165) is 11.1 Å². The Kier molecular flexibility index (Phi) is 5.98. The minimum absolute atomic E-state index is 0.0190. The summed E-state index contributed by atoms with van der Waals surface area (Å²) in [4.78, 5) is 10.6. The molecule has 0 aliphatic heterocycles. The lowest BCUT2D eigenvalue weighted by molar-refractivity contribution is -0.118. The second-order valence-electron chi connectivity index (χ2n) is 4.48. The highest BCUT2D eigenvalue weighted by Crippen LogP contribution is 2.07. The van der Waals surface area contributed by atoms with Crippen LogP contribution < -0.4 is 10.0 Å². The fraction of sp³-hybridized carbons (Fsp3) is 0.462. The number of amides is 1. The molecule has 0 saturated heterocycles. The standard InChI is InChI=1S/C13H20N2O3S/c1-11-5-3-6-13(9-11)10-19(17,18)15-8-4-7-14-12(2)16/h3,5-6,9,15H,4,7-8,10H2,1-2H3,(H,14,16). The van der Waals surface area contributed by atoms with Gasteiger partial charge in [-0.25, -0.2) is 13.1 Å². The van der Waals surface area contributed by atoms with Crippen molar-refractivity contribution in [3.05, 3.63) is 35.4 Å². The van der Waals surface area contributed by atoms with Crippen molar-refractivity contribution in [1.29, 1.82) is 0 Å². The van der Waals surface area contributed by atoms with E-state index in [1.54, 1.807) is 6.07 Å². The van der Waals surface area contributed by atoms with Gasteiger partial charge in [0.25, 0.3) is 0 Å². The molecule has 6 heteroatoms. The van der Waals surface area contributed by atoms with Gasteiger partial charge in [0.15, 0.2) is 0 Å². The van der Waals surface area contributed by atoms with E-state index in [-0.39, 0.29) is 11.7 Å². The Hall–Kier alpha value is -1.40. The van der Waals surface area contributed by atoms with Crippen molar-refractivity contribution in [2.24, 2.45) is 0 Å². The zero-order valence-electron chi connectivity index (χ0n) is 11.3. The summed E-state index contributed by atoms with van der Waals surface area (Å²) in [7, 11) is -3.31. The van der Waals surface area contributed by atoms with Crippen LogP contribution in [0, 0.1) is 6.92 Å². The van der Waals surface area contributed by atoms with E-state index < -0.39 is 10.0 Å². The Morgan fingerprint density at radius 1 is 1.26 bits per heavy atom. The van der Waals surface area contributed by atoms with E-state index in [1.165, 1.54) is 6.92 Å². The minimum Gasteiger partial charge on any atom is -0.356 e. The maximum atomic E-state index is 11.8. The van der Waals surface area contributed by atoms with E-state index in [0.29, 0.717) is 19.5 Å². The number of sulfonamides is 1. The highest BCUT2D eigenvalue weighted by molar-refractivity contribution is 7.88. The van der Waals surface area contributed by atoms with Crippen LogP contribution in [0.15, 0.2) is 24.3 Å². The van der Waals surface area contributed by atoms with E-state index in [1.807, 2.05) is 25.1 Å². The highest BCUT2D eigenvalue weighted by atomic mass is 32.2. The fourth-order valence-electron chi connectivity index (χ4n) is 1.65. The lowest BCUT2D eigenvalue weighted by atomic mass is 10.2. The van der Waals surface area contributed by atoms with Gasteiger partial charge in [0.1, 0.15) is 0 Å². The van der Waals surface area contributed by atoms with Crippen LogP contribution in [-0.4, -0.2) is 27.4 Å². The number of benzene rings is 1. The normalized spacial score (nSPS) is 11.3. The molecule has 0 radical (unpaired) electrons. The number of aryl methyl sites for hydroxylation is 1. The molecule has 0 unspecified atom stereocenters. The first-order chi connectivity index (χ1) is 8.89. The zero-order valence-corrected chi connectivity index (χ0v) is 12.1. The summed E-state index contributed by atoms with van der Waals surface area (Å²) in [5.41, 5.74) is 1.81. The van der Waals surface area contributed by atoms with E-state index in [9.17, 15) is 13.2 Å². The molecule has 106 valence electrons. The van der Waals surface area contributed by atoms with Gasteiger partial charge in [0.05, 0.1) is 5.75 Å². The summed E-state index contributed by atoms with van der Waals surface area (Å²) in [5, 5.41) is 2.62. The van der Waals surface area contributed by atoms with Crippen LogP contribution in [0.1, 0.15) is 24.5 Å². The smallest absolute Gasteiger partial charge is 0.216 e.